The zero-order chi connectivity index (χ0) is 13.9. The average Bonchev–Trinajstić information content (AvgIpc) is 2.89. The van der Waals surface area contributed by atoms with E-state index in [2.05, 4.69) is 10.5 Å². The Labute approximate surface area is 112 Å². The van der Waals surface area contributed by atoms with Crippen LogP contribution in [0.25, 0.3) is 0 Å². The standard InChI is InChI=1S/C13H11F3N2S/c1-9(12-3-2-8-19-12)17-18-11-6-4-10(5-7-11)13(14,15)16/h2-8,18H,1H3/b17-9-. The van der Waals surface area contributed by atoms with Crippen LogP contribution in [0, 0.1) is 0 Å². The van der Waals surface area contributed by atoms with E-state index in [1.807, 2.05) is 24.4 Å². The summed E-state index contributed by atoms with van der Waals surface area (Å²) in [4.78, 5) is 1.01. The first-order valence-electron chi connectivity index (χ1n) is 5.48. The Morgan fingerprint density at radius 1 is 1.16 bits per heavy atom. The number of halogens is 3. The molecule has 2 rings (SSSR count). The van der Waals surface area contributed by atoms with Crippen LogP contribution < -0.4 is 5.43 Å². The molecule has 0 aliphatic heterocycles. The fraction of sp³-hybridized carbons (Fsp3) is 0.154. The summed E-state index contributed by atoms with van der Waals surface area (Å²) in [6.45, 7) is 1.84. The molecule has 1 aromatic carbocycles. The molecular formula is C13H11F3N2S. The van der Waals surface area contributed by atoms with Gasteiger partial charge in [-0.2, -0.15) is 18.3 Å². The molecule has 0 aliphatic carbocycles. The molecule has 0 fully saturated rings. The second-order valence-electron chi connectivity index (χ2n) is 3.86. The second kappa shape index (κ2) is 5.44. The van der Waals surface area contributed by atoms with E-state index < -0.39 is 11.7 Å². The van der Waals surface area contributed by atoms with Crippen molar-refractivity contribution in [2.24, 2.45) is 5.10 Å². The first-order valence-corrected chi connectivity index (χ1v) is 6.36. The molecule has 19 heavy (non-hydrogen) atoms. The van der Waals surface area contributed by atoms with E-state index in [4.69, 9.17) is 0 Å². The first-order chi connectivity index (χ1) is 8.97. The molecule has 0 saturated heterocycles. The van der Waals surface area contributed by atoms with Gasteiger partial charge in [-0.3, -0.25) is 5.43 Å². The second-order valence-corrected chi connectivity index (χ2v) is 4.81. The maximum atomic E-state index is 12.4. The quantitative estimate of drug-likeness (QED) is 0.646. The summed E-state index contributed by atoms with van der Waals surface area (Å²) in [6.07, 6.45) is -4.31. The van der Waals surface area contributed by atoms with Crippen molar-refractivity contribution in [2.45, 2.75) is 13.1 Å². The van der Waals surface area contributed by atoms with Gasteiger partial charge in [0.15, 0.2) is 0 Å². The summed E-state index contributed by atoms with van der Waals surface area (Å²) >= 11 is 1.55. The Morgan fingerprint density at radius 3 is 2.37 bits per heavy atom. The van der Waals surface area contributed by atoms with Crippen LogP contribution >= 0.6 is 11.3 Å². The van der Waals surface area contributed by atoms with Gasteiger partial charge >= 0.3 is 6.18 Å². The predicted octanol–water partition coefficient (Wildman–Crippen LogP) is 4.60. The minimum Gasteiger partial charge on any atom is -0.278 e. The average molecular weight is 284 g/mol. The molecule has 0 aliphatic rings. The smallest absolute Gasteiger partial charge is 0.278 e. The van der Waals surface area contributed by atoms with Crippen LogP contribution in [-0.2, 0) is 6.18 Å². The van der Waals surface area contributed by atoms with Gasteiger partial charge in [0.25, 0.3) is 0 Å². The van der Waals surface area contributed by atoms with Crippen LogP contribution in [-0.4, -0.2) is 5.71 Å². The summed E-state index contributed by atoms with van der Waals surface area (Å²) < 4.78 is 37.1. The predicted molar refractivity (Wildman–Crippen MR) is 71.6 cm³/mol. The van der Waals surface area contributed by atoms with Crippen LogP contribution in [0.2, 0.25) is 0 Å². The first kappa shape index (κ1) is 13.6. The maximum absolute atomic E-state index is 12.4. The number of nitrogens with zero attached hydrogens (tertiary/aromatic N) is 1. The molecule has 1 aromatic heterocycles. The molecule has 0 amide bonds. The number of rotatable bonds is 3. The van der Waals surface area contributed by atoms with Gasteiger partial charge in [-0.1, -0.05) is 6.07 Å². The zero-order valence-corrected chi connectivity index (χ0v) is 10.8. The van der Waals surface area contributed by atoms with Crippen molar-refractivity contribution in [3.05, 3.63) is 52.2 Å². The molecule has 2 nitrogen and oxygen atoms in total. The highest BCUT2D eigenvalue weighted by molar-refractivity contribution is 7.12. The van der Waals surface area contributed by atoms with Crippen LogP contribution in [0.15, 0.2) is 46.9 Å². The van der Waals surface area contributed by atoms with Gasteiger partial charge in [0, 0.05) is 4.88 Å². The molecule has 100 valence electrons. The lowest BCUT2D eigenvalue weighted by atomic mass is 10.2. The number of hydrazone groups is 1. The van der Waals surface area contributed by atoms with Crippen molar-refractivity contribution in [1.82, 2.24) is 0 Å². The van der Waals surface area contributed by atoms with Crippen molar-refractivity contribution < 1.29 is 13.2 Å². The molecule has 0 spiro atoms. The van der Waals surface area contributed by atoms with Gasteiger partial charge in [0.05, 0.1) is 17.0 Å². The molecule has 0 saturated carbocycles. The normalized spacial score (nSPS) is 12.5. The Hall–Kier alpha value is -1.82. The van der Waals surface area contributed by atoms with E-state index in [9.17, 15) is 13.2 Å². The third-order valence-corrected chi connectivity index (χ3v) is 3.42. The van der Waals surface area contributed by atoms with Crippen molar-refractivity contribution in [2.75, 3.05) is 5.43 Å². The van der Waals surface area contributed by atoms with E-state index in [0.29, 0.717) is 5.69 Å². The SMILES string of the molecule is C/C(=N/Nc1ccc(C(F)(F)F)cc1)c1cccs1. The van der Waals surface area contributed by atoms with Gasteiger partial charge in [-0.05, 0) is 42.6 Å². The number of nitrogens with one attached hydrogen (secondary N) is 1. The molecule has 0 unspecified atom stereocenters. The summed E-state index contributed by atoms with van der Waals surface area (Å²) in [5.41, 5.74) is 3.37. The van der Waals surface area contributed by atoms with Crippen LogP contribution in [0.1, 0.15) is 17.4 Å². The van der Waals surface area contributed by atoms with Crippen molar-refractivity contribution in [3.8, 4) is 0 Å². The third kappa shape index (κ3) is 3.57. The van der Waals surface area contributed by atoms with Crippen molar-refractivity contribution in [3.63, 3.8) is 0 Å². The minimum atomic E-state index is -4.31. The third-order valence-electron chi connectivity index (χ3n) is 2.44. The van der Waals surface area contributed by atoms with E-state index in [-0.39, 0.29) is 0 Å². The lowest BCUT2D eigenvalue weighted by molar-refractivity contribution is -0.137. The number of hydrogen-bond acceptors (Lipinski definition) is 3. The topological polar surface area (TPSA) is 24.4 Å². The highest BCUT2D eigenvalue weighted by Crippen LogP contribution is 2.29. The fourth-order valence-corrected chi connectivity index (χ4v) is 2.10. The highest BCUT2D eigenvalue weighted by Gasteiger charge is 2.29. The number of anilines is 1. The highest BCUT2D eigenvalue weighted by atomic mass is 32.1. The van der Waals surface area contributed by atoms with E-state index >= 15 is 0 Å². The monoisotopic (exact) mass is 284 g/mol. The van der Waals surface area contributed by atoms with Crippen LogP contribution in [0.3, 0.4) is 0 Å². The van der Waals surface area contributed by atoms with Gasteiger partial charge in [-0.15, -0.1) is 11.3 Å². The molecule has 0 bridgehead atoms. The van der Waals surface area contributed by atoms with Crippen molar-refractivity contribution >= 4 is 22.7 Å². The number of hydrogen-bond donors (Lipinski definition) is 1. The molecule has 1 heterocycles. The number of benzene rings is 1. The number of alkyl halides is 3. The summed E-state index contributed by atoms with van der Waals surface area (Å²) in [6, 6.07) is 8.60. The Bertz CT molecular complexity index is 557. The van der Waals surface area contributed by atoms with Gasteiger partial charge in [0.1, 0.15) is 0 Å². The Kier molecular flexibility index (Phi) is 3.90. The van der Waals surface area contributed by atoms with Gasteiger partial charge in [-0.25, -0.2) is 0 Å². The van der Waals surface area contributed by atoms with Gasteiger partial charge in [0.2, 0.25) is 0 Å². The summed E-state index contributed by atoms with van der Waals surface area (Å²) in [7, 11) is 0. The summed E-state index contributed by atoms with van der Waals surface area (Å²) in [5, 5.41) is 6.06. The van der Waals surface area contributed by atoms with Gasteiger partial charge < -0.3 is 0 Å². The summed E-state index contributed by atoms with van der Waals surface area (Å²) in [5.74, 6) is 0. The Balaban J connectivity index is 2.06. The van der Waals surface area contributed by atoms with Crippen molar-refractivity contribution in [1.29, 1.82) is 0 Å². The molecule has 0 radical (unpaired) electrons. The number of thiophene rings is 1. The maximum Gasteiger partial charge on any atom is 0.416 e. The van der Waals surface area contributed by atoms with Crippen LogP contribution in [0.5, 0.6) is 0 Å². The lowest BCUT2D eigenvalue weighted by Gasteiger charge is -2.07. The largest absolute Gasteiger partial charge is 0.416 e. The van der Waals surface area contributed by atoms with E-state index in [1.165, 1.54) is 12.1 Å². The fourth-order valence-electron chi connectivity index (χ4n) is 1.42. The molecule has 1 N–H and O–H groups in total. The van der Waals surface area contributed by atoms with E-state index in [1.54, 1.807) is 11.3 Å². The van der Waals surface area contributed by atoms with E-state index in [0.717, 1.165) is 22.7 Å². The minimum absolute atomic E-state index is 0.518. The van der Waals surface area contributed by atoms with Crippen LogP contribution in [0.4, 0.5) is 18.9 Å². The molecule has 2 aromatic rings. The molecule has 0 atom stereocenters. The lowest BCUT2D eigenvalue weighted by Crippen LogP contribution is -2.04. The zero-order valence-electron chi connectivity index (χ0n) is 10.0. The molecule has 6 heteroatoms. The molecular weight excluding hydrogens is 273 g/mol. The Morgan fingerprint density at radius 2 is 1.84 bits per heavy atom.